The first-order valence-electron chi connectivity index (χ1n) is 8.61. The van der Waals surface area contributed by atoms with Gasteiger partial charge in [-0.1, -0.05) is 13.0 Å². The van der Waals surface area contributed by atoms with E-state index in [2.05, 4.69) is 15.0 Å². The molecule has 0 aliphatic heterocycles. The van der Waals surface area contributed by atoms with Gasteiger partial charge in [0.25, 0.3) is 15.9 Å². The Morgan fingerprint density at radius 2 is 2.00 bits per heavy atom. The Labute approximate surface area is 159 Å². The zero-order chi connectivity index (χ0) is 20.1. The molecule has 9 heteroatoms. The number of ether oxygens (including phenoxy) is 1. The van der Waals surface area contributed by atoms with Crippen LogP contribution < -0.4 is 14.8 Å². The summed E-state index contributed by atoms with van der Waals surface area (Å²) in [5.41, 5.74) is 0.0524. The number of carbonyl (C=O) groups excluding carboxylic acids is 1. The van der Waals surface area contributed by atoms with Crippen LogP contribution in [0.5, 0.6) is 5.88 Å². The summed E-state index contributed by atoms with van der Waals surface area (Å²) in [4.78, 5) is 16.4. The second kappa shape index (κ2) is 8.53. The molecule has 0 fully saturated rings. The maximum atomic E-state index is 12.3. The number of nitrogens with one attached hydrogen (secondary N) is 2. The number of rotatable bonds is 8. The van der Waals surface area contributed by atoms with Gasteiger partial charge in [-0.05, 0) is 45.4 Å². The van der Waals surface area contributed by atoms with Gasteiger partial charge < -0.3 is 14.5 Å². The molecule has 0 bridgehead atoms. The number of aromatic nitrogens is 1. The number of hydrogen-bond donors (Lipinski definition) is 2. The van der Waals surface area contributed by atoms with Gasteiger partial charge >= 0.3 is 0 Å². The third-order valence-corrected chi connectivity index (χ3v) is 4.87. The van der Waals surface area contributed by atoms with Gasteiger partial charge in [0.2, 0.25) is 11.0 Å². The SMILES string of the molecule is CCCOc1ncccc1CNC(=O)c1ccc(S(=O)(=O)NC(C)(C)C)o1. The molecule has 2 heterocycles. The molecule has 0 radical (unpaired) electrons. The molecule has 2 N–H and O–H groups in total. The number of amides is 1. The molecule has 0 atom stereocenters. The van der Waals surface area contributed by atoms with Gasteiger partial charge in [0, 0.05) is 23.8 Å². The highest BCUT2D eigenvalue weighted by Gasteiger charge is 2.26. The maximum Gasteiger partial charge on any atom is 0.287 e. The van der Waals surface area contributed by atoms with Crippen molar-refractivity contribution in [2.45, 2.75) is 51.3 Å². The first-order valence-corrected chi connectivity index (χ1v) is 10.1. The van der Waals surface area contributed by atoms with Crippen LogP contribution in [0.15, 0.2) is 40.0 Å². The summed E-state index contributed by atoms with van der Waals surface area (Å²) in [6.07, 6.45) is 2.46. The average Bonchev–Trinajstić information content (AvgIpc) is 3.07. The van der Waals surface area contributed by atoms with Gasteiger partial charge in [-0.3, -0.25) is 4.79 Å². The lowest BCUT2D eigenvalue weighted by Crippen LogP contribution is -2.40. The molecule has 1 amide bonds. The normalized spacial score (nSPS) is 12.0. The molecule has 2 rings (SSSR count). The van der Waals surface area contributed by atoms with Crippen molar-refractivity contribution < 1.29 is 22.4 Å². The van der Waals surface area contributed by atoms with Crippen LogP contribution in [0, 0.1) is 0 Å². The topological polar surface area (TPSA) is 111 Å². The minimum absolute atomic E-state index is 0.0933. The zero-order valence-electron chi connectivity index (χ0n) is 15.9. The van der Waals surface area contributed by atoms with Crippen molar-refractivity contribution in [1.82, 2.24) is 15.0 Å². The van der Waals surface area contributed by atoms with Gasteiger partial charge in [-0.15, -0.1) is 0 Å². The fraction of sp³-hybridized carbons (Fsp3) is 0.444. The Bertz CT molecular complexity index is 884. The Hall–Kier alpha value is -2.39. The maximum absolute atomic E-state index is 12.3. The highest BCUT2D eigenvalue weighted by molar-refractivity contribution is 7.89. The van der Waals surface area contributed by atoms with Gasteiger partial charge in [0.05, 0.1) is 6.61 Å². The summed E-state index contributed by atoms with van der Waals surface area (Å²) in [5.74, 6) is -0.168. The molecule has 0 aromatic carbocycles. The monoisotopic (exact) mass is 395 g/mol. The quantitative estimate of drug-likeness (QED) is 0.710. The lowest BCUT2D eigenvalue weighted by Gasteiger charge is -2.18. The molecule has 0 unspecified atom stereocenters. The first-order chi connectivity index (χ1) is 12.6. The van der Waals surface area contributed by atoms with Crippen LogP contribution in [0.4, 0.5) is 0 Å². The van der Waals surface area contributed by atoms with Crippen LogP contribution in [0.2, 0.25) is 0 Å². The van der Waals surface area contributed by atoms with E-state index in [1.165, 1.54) is 12.1 Å². The zero-order valence-corrected chi connectivity index (χ0v) is 16.7. The van der Waals surface area contributed by atoms with E-state index in [0.717, 1.165) is 6.42 Å². The summed E-state index contributed by atoms with van der Waals surface area (Å²) in [5, 5.41) is 2.37. The van der Waals surface area contributed by atoms with E-state index in [1.54, 1.807) is 39.1 Å². The van der Waals surface area contributed by atoms with Gasteiger partial charge in [-0.25, -0.2) is 18.1 Å². The summed E-state index contributed by atoms with van der Waals surface area (Å²) in [6, 6.07) is 6.12. The minimum atomic E-state index is -3.84. The van der Waals surface area contributed by atoms with Crippen LogP contribution in [-0.2, 0) is 16.6 Å². The van der Waals surface area contributed by atoms with E-state index in [-0.39, 0.29) is 17.4 Å². The van der Waals surface area contributed by atoms with E-state index in [9.17, 15) is 13.2 Å². The molecule has 2 aromatic rings. The predicted molar refractivity (Wildman–Crippen MR) is 100.0 cm³/mol. The molecule has 0 saturated carbocycles. The van der Waals surface area contributed by atoms with E-state index in [4.69, 9.17) is 9.15 Å². The molecule has 27 heavy (non-hydrogen) atoms. The van der Waals surface area contributed by atoms with Crippen molar-refractivity contribution in [2.24, 2.45) is 0 Å². The van der Waals surface area contributed by atoms with Crippen LogP contribution in [0.3, 0.4) is 0 Å². The van der Waals surface area contributed by atoms with Crippen molar-refractivity contribution in [3.8, 4) is 5.88 Å². The average molecular weight is 395 g/mol. The molecule has 0 saturated heterocycles. The molecular formula is C18H25N3O5S. The molecular weight excluding hydrogens is 370 g/mol. The molecule has 148 valence electrons. The fourth-order valence-corrected chi connectivity index (χ4v) is 3.54. The van der Waals surface area contributed by atoms with Gasteiger partial charge in [0.15, 0.2) is 5.76 Å². The summed E-state index contributed by atoms with van der Waals surface area (Å²) >= 11 is 0. The van der Waals surface area contributed by atoms with Crippen LogP contribution >= 0.6 is 0 Å². The van der Waals surface area contributed by atoms with E-state index >= 15 is 0 Å². The van der Waals surface area contributed by atoms with E-state index < -0.39 is 21.5 Å². The number of sulfonamides is 1. The highest BCUT2D eigenvalue weighted by atomic mass is 32.2. The Kier molecular flexibility index (Phi) is 6.61. The fourth-order valence-electron chi connectivity index (χ4n) is 2.19. The smallest absolute Gasteiger partial charge is 0.287 e. The van der Waals surface area contributed by atoms with Crippen molar-refractivity contribution in [3.63, 3.8) is 0 Å². The van der Waals surface area contributed by atoms with Crippen LogP contribution in [0.1, 0.15) is 50.2 Å². The van der Waals surface area contributed by atoms with Crippen molar-refractivity contribution >= 4 is 15.9 Å². The Balaban J connectivity index is 2.05. The number of pyridine rings is 1. The second-order valence-electron chi connectivity index (χ2n) is 6.97. The molecule has 2 aromatic heterocycles. The molecule has 0 aliphatic rings. The van der Waals surface area contributed by atoms with Crippen molar-refractivity contribution in [1.29, 1.82) is 0 Å². The standard InChI is InChI=1S/C18H25N3O5S/c1-5-11-25-17-13(7-6-10-19-17)12-20-16(22)14-8-9-15(26-14)27(23,24)21-18(2,3)4/h6-10,21H,5,11-12H2,1-4H3,(H,20,22). The van der Waals surface area contributed by atoms with Crippen molar-refractivity contribution in [2.75, 3.05) is 6.61 Å². The predicted octanol–water partition coefficient (Wildman–Crippen LogP) is 2.47. The number of hydrogen-bond acceptors (Lipinski definition) is 6. The second-order valence-corrected chi connectivity index (χ2v) is 8.59. The number of nitrogens with zero attached hydrogens (tertiary/aromatic N) is 1. The van der Waals surface area contributed by atoms with E-state index in [1.807, 2.05) is 6.92 Å². The first kappa shape index (κ1) is 20.9. The van der Waals surface area contributed by atoms with E-state index in [0.29, 0.717) is 18.1 Å². The molecule has 8 nitrogen and oxygen atoms in total. The molecule has 0 spiro atoms. The Morgan fingerprint density at radius 1 is 1.26 bits per heavy atom. The minimum Gasteiger partial charge on any atom is -0.477 e. The number of furan rings is 1. The van der Waals surface area contributed by atoms with Crippen LogP contribution in [0.25, 0.3) is 0 Å². The lowest BCUT2D eigenvalue weighted by atomic mass is 10.1. The summed E-state index contributed by atoms with van der Waals surface area (Å²) < 4.78 is 37.7. The highest BCUT2D eigenvalue weighted by Crippen LogP contribution is 2.18. The summed E-state index contributed by atoms with van der Waals surface area (Å²) in [6.45, 7) is 7.84. The largest absolute Gasteiger partial charge is 0.477 e. The third kappa shape index (κ3) is 6.07. The third-order valence-electron chi connectivity index (χ3n) is 3.24. The van der Waals surface area contributed by atoms with Gasteiger partial charge in [-0.2, -0.15) is 0 Å². The lowest BCUT2D eigenvalue weighted by molar-refractivity contribution is 0.0917. The summed E-state index contributed by atoms with van der Waals surface area (Å²) in [7, 11) is -3.84. The van der Waals surface area contributed by atoms with Crippen LogP contribution in [-0.4, -0.2) is 31.5 Å². The number of carbonyl (C=O) groups is 1. The van der Waals surface area contributed by atoms with Crippen molar-refractivity contribution in [3.05, 3.63) is 41.8 Å². The Morgan fingerprint density at radius 3 is 2.67 bits per heavy atom. The van der Waals surface area contributed by atoms with Gasteiger partial charge in [0.1, 0.15) is 0 Å². The molecule has 0 aliphatic carbocycles.